The van der Waals surface area contributed by atoms with Crippen molar-refractivity contribution in [1.82, 2.24) is 0 Å². The fourth-order valence-corrected chi connectivity index (χ4v) is 5.26. The average molecular weight is 364 g/mol. The molecule has 7 nitrogen and oxygen atoms in total. The summed E-state index contributed by atoms with van der Waals surface area (Å²) in [6, 6.07) is 0. The SMILES string of the molecule is CC1(C)CCC[C@]2(C)[C@@H]1[C@@H](OC(=O)/C=C/C(=O)O)C=C1COC(=O)[C@]12O. The van der Waals surface area contributed by atoms with Crippen LogP contribution in [-0.4, -0.2) is 46.4 Å². The van der Waals surface area contributed by atoms with E-state index in [9.17, 15) is 19.5 Å². The molecular formula is C19H24O7. The zero-order chi connectivity index (χ0) is 19.3. The lowest BCUT2D eigenvalue weighted by molar-refractivity contribution is -0.194. The number of ether oxygens (including phenoxy) is 2. The first-order valence-corrected chi connectivity index (χ1v) is 8.75. The lowest BCUT2D eigenvalue weighted by Crippen LogP contribution is -2.65. The number of fused-ring (bicyclic) bond motifs is 3. The van der Waals surface area contributed by atoms with Crippen molar-refractivity contribution in [1.29, 1.82) is 0 Å². The number of aliphatic hydroxyl groups is 1. The van der Waals surface area contributed by atoms with Crippen LogP contribution in [0.2, 0.25) is 0 Å². The molecule has 1 heterocycles. The molecule has 0 aromatic heterocycles. The molecule has 2 N–H and O–H groups in total. The normalized spacial score (nSPS) is 38.2. The molecule has 3 rings (SSSR count). The van der Waals surface area contributed by atoms with Crippen LogP contribution in [0.15, 0.2) is 23.8 Å². The van der Waals surface area contributed by atoms with Gasteiger partial charge in [-0.15, -0.1) is 0 Å². The van der Waals surface area contributed by atoms with E-state index < -0.39 is 35.0 Å². The third-order valence-electron chi connectivity index (χ3n) is 6.30. The van der Waals surface area contributed by atoms with Gasteiger partial charge in [-0.3, -0.25) is 0 Å². The highest BCUT2D eigenvalue weighted by Gasteiger charge is 2.69. The molecule has 1 aliphatic heterocycles. The van der Waals surface area contributed by atoms with Crippen molar-refractivity contribution in [3.8, 4) is 0 Å². The quantitative estimate of drug-likeness (QED) is 0.444. The van der Waals surface area contributed by atoms with Gasteiger partial charge >= 0.3 is 17.9 Å². The van der Waals surface area contributed by atoms with Gasteiger partial charge in [0.2, 0.25) is 0 Å². The first-order chi connectivity index (χ1) is 12.0. The van der Waals surface area contributed by atoms with Crippen LogP contribution in [0.25, 0.3) is 0 Å². The number of carboxylic acids is 1. The van der Waals surface area contributed by atoms with E-state index in [1.54, 1.807) is 6.08 Å². The van der Waals surface area contributed by atoms with Gasteiger partial charge in [-0.2, -0.15) is 0 Å². The Morgan fingerprint density at radius 2 is 1.96 bits per heavy atom. The molecule has 2 fully saturated rings. The molecule has 7 heteroatoms. The molecule has 3 aliphatic rings. The van der Waals surface area contributed by atoms with Gasteiger partial charge in [0, 0.05) is 29.1 Å². The molecule has 1 saturated heterocycles. The van der Waals surface area contributed by atoms with Crippen molar-refractivity contribution in [3.63, 3.8) is 0 Å². The molecule has 2 aliphatic carbocycles. The van der Waals surface area contributed by atoms with E-state index >= 15 is 0 Å². The molecule has 0 aromatic rings. The van der Waals surface area contributed by atoms with Crippen LogP contribution in [0, 0.1) is 16.7 Å². The highest BCUT2D eigenvalue weighted by molar-refractivity contribution is 5.91. The molecule has 1 saturated carbocycles. The Kier molecular flexibility index (Phi) is 4.26. The summed E-state index contributed by atoms with van der Waals surface area (Å²) < 4.78 is 10.7. The Bertz CT molecular complexity index is 719. The molecule has 0 radical (unpaired) electrons. The molecule has 26 heavy (non-hydrogen) atoms. The number of carbonyl (C=O) groups is 3. The van der Waals surface area contributed by atoms with Gasteiger partial charge in [0.15, 0.2) is 5.60 Å². The second kappa shape index (κ2) is 5.94. The molecule has 0 bridgehead atoms. The van der Waals surface area contributed by atoms with Gasteiger partial charge in [-0.05, 0) is 24.3 Å². The maximum absolute atomic E-state index is 12.4. The van der Waals surface area contributed by atoms with Crippen molar-refractivity contribution < 1.29 is 34.1 Å². The molecular weight excluding hydrogens is 340 g/mol. The topological polar surface area (TPSA) is 110 Å². The van der Waals surface area contributed by atoms with Gasteiger partial charge in [0.25, 0.3) is 0 Å². The third-order valence-corrected chi connectivity index (χ3v) is 6.30. The zero-order valence-corrected chi connectivity index (χ0v) is 15.2. The van der Waals surface area contributed by atoms with Crippen molar-refractivity contribution >= 4 is 17.9 Å². The largest absolute Gasteiger partial charge is 0.478 e. The number of esters is 2. The second-order valence-corrected chi connectivity index (χ2v) is 8.29. The summed E-state index contributed by atoms with van der Waals surface area (Å²) in [5.74, 6) is -2.97. The van der Waals surface area contributed by atoms with Crippen LogP contribution < -0.4 is 0 Å². The van der Waals surface area contributed by atoms with Crippen molar-refractivity contribution in [2.45, 2.75) is 51.7 Å². The van der Waals surface area contributed by atoms with E-state index in [4.69, 9.17) is 14.6 Å². The van der Waals surface area contributed by atoms with E-state index in [0.29, 0.717) is 12.0 Å². The molecule has 0 spiro atoms. The fraction of sp³-hybridized carbons (Fsp3) is 0.632. The first kappa shape index (κ1) is 18.6. The van der Waals surface area contributed by atoms with Crippen LogP contribution in [0.5, 0.6) is 0 Å². The molecule has 0 unspecified atom stereocenters. The molecule has 0 aromatic carbocycles. The number of hydrogen-bond acceptors (Lipinski definition) is 6. The van der Waals surface area contributed by atoms with Crippen LogP contribution in [-0.2, 0) is 23.9 Å². The lowest BCUT2D eigenvalue weighted by Gasteiger charge is -2.59. The van der Waals surface area contributed by atoms with E-state index in [-0.39, 0.29) is 17.9 Å². The highest BCUT2D eigenvalue weighted by atomic mass is 16.6. The monoisotopic (exact) mass is 364 g/mol. The Balaban J connectivity index is 2.04. The summed E-state index contributed by atoms with van der Waals surface area (Å²) in [4.78, 5) is 35.1. The summed E-state index contributed by atoms with van der Waals surface area (Å²) in [6.07, 6.45) is 4.82. The van der Waals surface area contributed by atoms with E-state index in [2.05, 4.69) is 0 Å². The van der Waals surface area contributed by atoms with Gasteiger partial charge in [-0.25, -0.2) is 14.4 Å². The van der Waals surface area contributed by atoms with Crippen molar-refractivity contribution in [2.24, 2.45) is 16.7 Å². The standard InChI is InChI=1S/C19H24O7/c1-17(2)7-4-8-18(3)15(17)12(26-14(22)6-5-13(20)21)9-11-10-25-16(23)19(11,18)24/h5-6,9,12,15,24H,4,7-8,10H2,1-3H3,(H,20,21)/b6-5+/t12-,15+,18+,19+/m0/s1. The third kappa shape index (κ3) is 2.57. The Hall–Kier alpha value is -2.15. The zero-order valence-electron chi connectivity index (χ0n) is 15.2. The second-order valence-electron chi connectivity index (χ2n) is 8.29. The average Bonchev–Trinajstić information content (AvgIpc) is 2.82. The van der Waals surface area contributed by atoms with Crippen molar-refractivity contribution in [2.75, 3.05) is 6.61 Å². The summed E-state index contributed by atoms with van der Waals surface area (Å²) in [5.41, 5.74) is -2.43. The van der Waals surface area contributed by atoms with Crippen LogP contribution >= 0.6 is 0 Å². The molecule has 0 amide bonds. The number of rotatable bonds is 3. The van der Waals surface area contributed by atoms with Crippen molar-refractivity contribution in [3.05, 3.63) is 23.8 Å². The number of carboxylic acid groups (broad SMARTS) is 1. The molecule has 4 atom stereocenters. The Labute approximate surface area is 151 Å². The van der Waals surface area contributed by atoms with E-state index in [0.717, 1.165) is 25.0 Å². The summed E-state index contributed by atoms with van der Waals surface area (Å²) in [6.45, 7) is 5.89. The summed E-state index contributed by atoms with van der Waals surface area (Å²) in [7, 11) is 0. The maximum Gasteiger partial charge on any atom is 0.343 e. The smallest absolute Gasteiger partial charge is 0.343 e. The highest BCUT2D eigenvalue weighted by Crippen LogP contribution is 2.63. The van der Waals surface area contributed by atoms with Gasteiger partial charge in [0.05, 0.1) is 0 Å². The minimum absolute atomic E-state index is 0.0307. The predicted octanol–water partition coefficient (Wildman–Crippen LogP) is 1.60. The minimum Gasteiger partial charge on any atom is -0.478 e. The number of aliphatic carboxylic acids is 1. The Morgan fingerprint density at radius 3 is 2.62 bits per heavy atom. The van der Waals surface area contributed by atoms with E-state index in [1.807, 2.05) is 20.8 Å². The van der Waals surface area contributed by atoms with E-state index in [1.165, 1.54) is 0 Å². The lowest BCUT2D eigenvalue weighted by atomic mass is 9.46. The Morgan fingerprint density at radius 1 is 1.27 bits per heavy atom. The predicted molar refractivity (Wildman–Crippen MR) is 89.9 cm³/mol. The van der Waals surface area contributed by atoms with Crippen LogP contribution in [0.3, 0.4) is 0 Å². The van der Waals surface area contributed by atoms with Gasteiger partial charge in [0.1, 0.15) is 12.7 Å². The maximum atomic E-state index is 12.4. The van der Waals surface area contributed by atoms with Crippen LogP contribution in [0.4, 0.5) is 0 Å². The number of cyclic esters (lactones) is 1. The minimum atomic E-state index is -1.71. The first-order valence-electron chi connectivity index (χ1n) is 8.75. The number of hydrogen-bond donors (Lipinski definition) is 2. The summed E-state index contributed by atoms with van der Waals surface area (Å²) >= 11 is 0. The number of carbonyl (C=O) groups excluding carboxylic acids is 2. The fourth-order valence-electron chi connectivity index (χ4n) is 5.26. The van der Waals surface area contributed by atoms with Gasteiger partial charge < -0.3 is 19.7 Å². The van der Waals surface area contributed by atoms with Crippen LogP contribution in [0.1, 0.15) is 40.0 Å². The van der Waals surface area contributed by atoms with Gasteiger partial charge in [-0.1, -0.05) is 27.2 Å². The molecule has 142 valence electrons. The summed E-state index contributed by atoms with van der Waals surface area (Å²) in [5, 5.41) is 20.0.